The predicted octanol–water partition coefficient (Wildman–Crippen LogP) is 1.90. The molecule has 2 aliphatic heterocycles. The van der Waals surface area contributed by atoms with Gasteiger partial charge in [0.2, 0.25) is 0 Å². The van der Waals surface area contributed by atoms with Crippen molar-refractivity contribution in [2.75, 3.05) is 24.5 Å². The fourth-order valence-corrected chi connectivity index (χ4v) is 3.79. The number of nitro groups is 1. The summed E-state index contributed by atoms with van der Waals surface area (Å²) in [6.07, 6.45) is 1.02. The van der Waals surface area contributed by atoms with Gasteiger partial charge in [0.25, 0.3) is 5.69 Å². The summed E-state index contributed by atoms with van der Waals surface area (Å²) >= 11 is 0. The minimum absolute atomic E-state index is 0.0972. The quantitative estimate of drug-likeness (QED) is 0.678. The molecule has 0 aliphatic carbocycles. The Balaban J connectivity index is 1.95. The van der Waals surface area contributed by atoms with Crippen molar-refractivity contribution in [1.82, 2.24) is 5.32 Å². The highest BCUT2D eigenvalue weighted by molar-refractivity contribution is 5.61. The van der Waals surface area contributed by atoms with E-state index in [1.54, 1.807) is 12.1 Å². The van der Waals surface area contributed by atoms with Gasteiger partial charge in [-0.1, -0.05) is 6.92 Å². The maximum Gasteiger partial charge on any atom is 0.289 e. The third-order valence-electron chi connectivity index (χ3n) is 4.77. The molecule has 0 radical (unpaired) electrons. The van der Waals surface area contributed by atoms with Crippen molar-refractivity contribution < 1.29 is 4.92 Å². The topological polar surface area (TPSA) is 82.2 Å². The Hall–Kier alpha value is -2.13. The number of nitriles is 1. The maximum absolute atomic E-state index is 11.1. The van der Waals surface area contributed by atoms with Crippen LogP contribution in [0, 0.1) is 33.3 Å². The number of benzene rings is 1. The lowest BCUT2D eigenvalue weighted by Gasteiger charge is -2.28. The van der Waals surface area contributed by atoms with E-state index in [9.17, 15) is 10.1 Å². The number of hydrogen-bond donors (Lipinski definition) is 1. The summed E-state index contributed by atoms with van der Waals surface area (Å²) in [5.74, 6) is 1.23. The molecule has 2 aliphatic rings. The van der Waals surface area contributed by atoms with Gasteiger partial charge in [-0.3, -0.25) is 10.1 Å². The lowest BCUT2D eigenvalue weighted by molar-refractivity contribution is -0.385. The van der Waals surface area contributed by atoms with E-state index >= 15 is 0 Å². The summed E-state index contributed by atoms with van der Waals surface area (Å²) in [6, 6.07) is 7.25. The first-order valence-corrected chi connectivity index (χ1v) is 7.31. The Morgan fingerprint density at radius 3 is 3.00 bits per heavy atom. The molecule has 0 amide bonds. The molecule has 1 N–H and O–H groups in total. The van der Waals surface area contributed by atoms with Gasteiger partial charge in [-0.05, 0) is 30.4 Å². The summed E-state index contributed by atoms with van der Waals surface area (Å²) in [5, 5.41) is 23.5. The number of rotatable bonds is 3. The Kier molecular flexibility index (Phi) is 3.52. The Morgan fingerprint density at radius 2 is 2.33 bits per heavy atom. The Morgan fingerprint density at radius 1 is 1.52 bits per heavy atom. The molecule has 0 aromatic heterocycles. The largest absolute Gasteiger partial charge is 0.368 e. The number of nitrogens with one attached hydrogen (secondary N) is 1. The fraction of sp³-hybridized carbons (Fsp3) is 0.533. The molecule has 0 bridgehead atoms. The van der Waals surface area contributed by atoms with E-state index in [0.29, 0.717) is 17.9 Å². The third kappa shape index (κ3) is 2.24. The van der Waals surface area contributed by atoms with Gasteiger partial charge in [-0.2, -0.15) is 5.26 Å². The smallest absolute Gasteiger partial charge is 0.289 e. The van der Waals surface area contributed by atoms with Gasteiger partial charge in [0.1, 0.15) is 11.6 Å². The molecule has 3 rings (SSSR count). The summed E-state index contributed by atoms with van der Waals surface area (Å²) in [4.78, 5) is 12.9. The molecule has 6 nitrogen and oxygen atoms in total. The molecule has 0 saturated carbocycles. The molecule has 2 fully saturated rings. The number of hydrogen-bond acceptors (Lipinski definition) is 5. The van der Waals surface area contributed by atoms with Gasteiger partial charge in [0.05, 0.1) is 4.92 Å². The number of nitro benzene ring substituents is 1. The van der Waals surface area contributed by atoms with E-state index < -0.39 is 4.92 Å². The minimum atomic E-state index is -0.471. The first kappa shape index (κ1) is 13.8. The zero-order valence-electron chi connectivity index (χ0n) is 12.0. The van der Waals surface area contributed by atoms with Crippen LogP contribution in [0.3, 0.4) is 0 Å². The predicted molar refractivity (Wildman–Crippen MR) is 79.1 cm³/mol. The van der Waals surface area contributed by atoms with Crippen LogP contribution in [0.5, 0.6) is 0 Å². The van der Waals surface area contributed by atoms with E-state index in [0.717, 1.165) is 31.7 Å². The van der Waals surface area contributed by atoms with Crippen LogP contribution in [0.1, 0.15) is 18.9 Å². The van der Waals surface area contributed by atoms with Crippen molar-refractivity contribution in [2.24, 2.45) is 11.8 Å². The number of anilines is 1. The second-order valence-corrected chi connectivity index (χ2v) is 5.78. The molecule has 1 aromatic rings. The standard InChI is InChI=1S/C15H18N4O2/c1-2-14-13-8-17-7-11(13)9-18(14)12-4-3-10(6-16)15(5-12)19(20)21/h3-5,11,13-14,17H,2,7-9H2,1H3. The van der Waals surface area contributed by atoms with Crippen molar-refractivity contribution >= 4 is 11.4 Å². The molecule has 6 heteroatoms. The highest BCUT2D eigenvalue weighted by atomic mass is 16.6. The van der Waals surface area contributed by atoms with Crippen LogP contribution in [-0.4, -0.2) is 30.6 Å². The van der Waals surface area contributed by atoms with E-state index in [-0.39, 0.29) is 11.3 Å². The average Bonchev–Trinajstić information content (AvgIpc) is 3.06. The molecule has 21 heavy (non-hydrogen) atoms. The lowest BCUT2D eigenvalue weighted by atomic mass is 9.93. The number of nitrogens with zero attached hydrogens (tertiary/aromatic N) is 3. The molecule has 3 atom stereocenters. The molecule has 2 saturated heterocycles. The summed E-state index contributed by atoms with van der Waals surface area (Å²) in [5.41, 5.74) is 0.889. The fourth-order valence-electron chi connectivity index (χ4n) is 3.79. The normalized spacial score (nSPS) is 27.4. The minimum Gasteiger partial charge on any atom is -0.368 e. The van der Waals surface area contributed by atoms with Crippen molar-refractivity contribution in [1.29, 1.82) is 5.26 Å². The maximum atomic E-state index is 11.1. The first-order valence-electron chi connectivity index (χ1n) is 7.31. The molecule has 110 valence electrons. The summed E-state index contributed by atoms with van der Waals surface area (Å²) in [7, 11) is 0. The Bertz CT molecular complexity index is 610. The van der Waals surface area contributed by atoms with Gasteiger partial charge in [0.15, 0.2) is 0 Å². The van der Waals surface area contributed by atoms with E-state index in [4.69, 9.17) is 5.26 Å². The van der Waals surface area contributed by atoms with Crippen LogP contribution in [-0.2, 0) is 0 Å². The zero-order valence-corrected chi connectivity index (χ0v) is 12.0. The van der Waals surface area contributed by atoms with Gasteiger partial charge in [-0.15, -0.1) is 0 Å². The second-order valence-electron chi connectivity index (χ2n) is 5.78. The van der Waals surface area contributed by atoms with Crippen molar-refractivity contribution in [3.63, 3.8) is 0 Å². The second kappa shape index (κ2) is 5.34. The highest BCUT2D eigenvalue weighted by Crippen LogP contribution is 2.38. The van der Waals surface area contributed by atoms with Gasteiger partial charge >= 0.3 is 0 Å². The van der Waals surface area contributed by atoms with Crippen molar-refractivity contribution in [2.45, 2.75) is 19.4 Å². The highest BCUT2D eigenvalue weighted by Gasteiger charge is 2.43. The van der Waals surface area contributed by atoms with E-state index in [1.807, 2.05) is 12.1 Å². The molecule has 3 unspecified atom stereocenters. The van der Waals surface area contributed by atoms with Crippen LogP contribution in [0.2, 0.25) is 0 Å². The monoisotopic (exact) mass is 286 g/mol. The first-order chi connectivity index (χ1) is 10.2. The van der Waals surface area contributed by atoms with E-state index in [2.05, 4.69) is 17.1 Å². The molecular formula is C15H18N4O2. The van der Waals surface area contributed by atoms with Crippen LogP contribution in [0.25, 0.3) is 0 Å². The van der Waals surface area contributed by atoms with E-state index in [1.165, 1.54) is 0 Å². The average molecular weight is 286 g/mol. The van der Waals surface area contributed by atoms with Crippen LogP contribution in [0.4, 0.5) is 11.4 Å². The van der Waals surface area contributed by atoms with Gasteiger partial charge in [-0.25, -0.2) is 0 Å². The Labute approximate surface area is 123 Å². The number of fused-ring (bicyclic) bond motifs is 1. The molecule has 1 aromatic carbocycles. The zero-order chi connectivity index (χ0) is 15.0. The van der Waals surface area contributed by atoms with Gasteiger partial charge < -0.3 is 10.2 Å². The molecule has 2 heterocycles. The van der Waals surface area contributed by atoms with Crippen LogP contribution >= 0.6 is 0 Å². The molecular weight excluding hydrogens is 268 g/mol. The van der Waals surface area contributed by atoms with Gasteiger partial charge in [0, 0.05) is 37.4 Å². The summed E-state index contributed by atoms with van der Waals surface area (Å²) < 4.78 is 0. The summed E-state index contributed by atoms with van der Waals surface area (Å²) in [6.45, 7) is 5.14. The van der Waals surface area contributed by atoms with Crippen LogP contribution < -0.4 is 10.2 Å². The SMILES string of the molecule is CCC1C2CNCC2CN1c1ccc(C#N)c([N+](=O)[O-])c1. The van der Waals surface area contributed by atoms with Crippen molar-refractivity contribution in [3.8, 4) is 6.07 Å². The van der Waals surface area contributed by atoms with Crippen LogP contribution in [0.15, 0.2) is 18.2 Å². The third-order valence-corrected chi connectivity index (χ3v) is 4.77. The van der Waals surface area contributed by atoms with Crippen molar-refractivity contribution in [3.05, 3.63) is 33.9 Å². The molecule has 0 spiro atoms. The lowest BCUT2D eigenvalue weighted by Crippen LogP contribution is -2.35.